The molecule has 5 rings (SSSR count). The molecule has 1 aliphatic rings. The van der Waals surface area contributed by atoms with Gasteiger partial charge in [-0.05, 0) is 86.0 Å². The van der Waals surface area contributed by atoms with Gasteiger partial charge in [-0.3, -0.25) is 4.79 Å². The first-order valence-electron chi connectivity index (χ1n) is 11.4. The van der Waals surface area contributed by atoms with Crippen LogP contribution in [0.2, 0.25) is 5.02 Å². The molecule has 4 aromatic rings. The summed E-state index contributed by atoms with van der Waals surface area (Å²) >= 11 is 6.12. The van der Waals surface area contributed by atoms with Crippen molar-refractivity contribution in [1.82, 2.24) is 15.1 Å². The number of carbonyl (C=O) groups is 1. The number of fused-ring (bicyclic) bond motifs is 1. The molecule has 0 radical (unpaired) electrons. The Bertz CT molecular complexity index is 1380. The highest BCUT2D eigenvalue weighted by molar-refractivity contribution is 6.30. The first-order valence-corrected chi connectivity index (χ1v) is 11.8. The number of hydrogen-bond acceptors (Lipinski definition) is 3. The van der Waals surface area contributed by atoms with E-state index in [2.05, 4.69) is 10.4 Å². The van der Waals surface area contributed by atoms with Gasteiger partial charge in [0.1, 0.15) is 23.5 Å². The molecule has 1 saturated carbocycles. The smallest absolute Gasteiger partial charge is 0.226 e. The summed E-state index contributed by atoms with van der Waals surface area (Å²) in [6.45, 7) is 3.76. The molecule has 8 heteroatoms. The van der Waals surface area contributed by atoms with Crippen LogP contribution in [-0.2, 0) is 4.79 Å². The fourth-order valence-corrected chi connectivity index (χ4v) is 4.32. The third-order valence-corrected chi connectivity index (χ3v) is 6.67. The number of halogens is 3. The molecule has 36 heavy (non-hydrogen) atoms. The minimum Gasteiger partial charge on any atom is -0.484 e. The van der Waals surface area contributed by atoms with Crippen molar-refractivity contribution < 1.29 is 18.3 Å². The van der Waals surface area contributed by atoms with Crippen LogP contribution in [0.15, 0.2) is 66.9 Å². The van der Waals surface area contributed by atoms with Crippen molar-refractivity contribution in [1.29, 1.82) is 0 Å². The predicted molar refractivity (Wildman–Crippen MR) is 137 cm³/mol. The first kappa shape index (κ1) is 25.6. The third kappa shape index (κ3) is 5.21. The molecule has 188 valence electrons. The number of amides is 1. The minimum absolute atomic E-state index is 0. The van der Waals surface area contributed by atoms with Crippen molar-refractivity contribution in [3.63, 3.8) is 0 Å². The quantitative estimate of drug-likeness (QED) is 0.290. The Hall–Kier alpha value is -3.45. The number of hydrogen-bond donors (Lipinski definition) is 1. The Labute approximate surface area is 214 Å². The van der Waals surface area contributed by atoms with Gasteiger partial charge < -0.3 is 10.1 Å². The lowest BCUT2D eigenvalue weighted by molar-refractivity contribution is -0.127. The predicted octanol–water partition coefficient (Wildman–Crippen LogP) is 7.02. The second-order valence-corrected chi connectivity index (χ2v) is 9.75. The Morgan fingerprint density at radius 2 is 1.81 bits per heavy atom. The lowest BCUT2D eigenvalue weighted by Gasteiger charge is -2.28. The van der Waals surface area contributed by atoms with Crippen LogP contribution >= 0.6 is 11.6 Å². The van der Waals surface area contributed by atoms with E-state index in [0.29, 0.717) is 11.3 Å². The van der Waals surface area contributed by atoms with Crippen LogP contribution in [-0.4, -0.2) is 21.7 Å². The summed E-state index contributed by atoms with van der Waals surface area (Å²) in [5.74, 6) is -0.316. The van der Waals surface area contributed by atoms with Crippen molar-refractivity contribution in [2.75, 3.05) is 0 Å². The van der Waals surface area contributed by atoms with Crippen LogP contribution in [0, 0.1) is 17.0 Å². The Morgan fingerprint density at radius 3 is 2.47 bits per heavy atom. The summed E-state index contributed by atoms with van der Waals surface area (Å²) in [5, 5.41) is 8.51. The molecule has 1 heterocycles. The molecular formula is C28H28ClF2N3O2. The monoisotopic (exact) mass is 511 g/mol. The molecule has 2 atom stereocenters. The highest BCUT2D eigenvalue weighted by atomic mass is 35.5. The van der Waals surface area contributed by atoms with Crippen molar-refractivity contribution in [3.05, 3.63) is 89.1 Å². The van der Waals surface area contributed by atoms with Crippen LogP contribution in [0.4, 0.5) is 8.78 Å². The zero-order valence-corrected chi connectivity index (χ0v) is 20.0. The summed E-state index contributed by atoms with van der Waals surface area (Å²) in [4.78, 5) is 12.7. The number of carbonyl (C=O) groups excluding carboxylic acids is 1. The lowest BCUT2D eigenvalue weighted by atomic mass is 10.0. The molecule has 1 N–H and O–H groups in total. The number of benzene rings is 3. The van der Waals surface area contributed by atoms with Gasteiger partial charge >= 0.3 is 0 Å². The summed E-state index contributed by atoms with van der Waals surface area (Å²) < 4.78 is 35.5. The minimum atomic E-state index is -0.681. The number of ether oxygens (including phenoxy) is 1. The van der Waals surface area contributed by atoms with E-state index in [4.69, 9.17) is 16.3 Å². The zero-order chi connectivity index (χ0) is 24.7. The molecular weight excluding hydrogens is 484 g/mol. The van der Waals surface area contributed by atoms with Crippen LogP contribution < -0.4 is 10.1 Å². The van der Waals surface area contributed by atoms with E-state index in [1.54, 1.807) is 35.1 Å². The van der Waals surface area contributed by atoms with Gasteiger partial charge in [-0.1, -0.05) is 26.0 Å². The fraction of sp³-hybridized carbons (Fsp3) is 0.286. The normalized spacial score (nSPS) is 15.6. The molecule has 1 aliphatic carbocycles. The molecule has 3 aromatic carbocycles. The van der Waals surface area contributed by atoms with E-state index in [0.717, 1.165) is 29.4 Å². The van der Waals surface area contributed by atoms with E-state index in [1.165, 1.54) is 24.3 Å². The SMILES string of the molecule is C.C[C@H](NC(=O)C1(C)CC1)[C@H](Oc1ccc2c(cnn2-c2ccc(F)cc2)c1)c1cc(F)cc(Cl)c1. The molecule has 5 nitrogen and oxygen atoms in total. The zero-order valence-electron chi connectivity index (χ0n) is 19.3. The Kier molecular flexibility index (Phi) is 7.05. The molecule has 0 saturated heterocycles. The van der Waals surface area contributed by atoms with Gasteiger partial charge in [-0.15, -0.1) is 0 Å². The van der Waals surface area contributed by atoms with Gasteiger partial charge in [0.25, 0.3) is 0 Å². The van der Waals surface area contributed by atoms with Gasteiger partial charge in [-0.2, -0.15) is 5.10 Å². The fourth-order valence-electron chi connectivity index (χ4n) is 4.09. The standard InChI is InChI=1S/C27H24ClF2N3O2.CH4/c1-16(32-26(34)27(2)9-10-27)25(17-11-19(28)14-21(30)12-17)35-23-7-8-24-18(13-23)15-31-33(24)22-5-3-20(29)4-6-22;/h3-8,11-16,25H,9-10H2,1-2H3,(H,32,34);1H4/t16-,25-;/m0./s1. The Balaban J connectivity index is 0.00000304. The van der Waals surface area contributed by atoms with Gasteiger partial charge in [0.05, 0.1) is 23.4 Å². The number of nitrogens with one attached hydrogen (secondary N) is 1. The van der Waals surface area contributed by atoms with Crippen molar-refractivity contribution in [3.8, 4) is 11.4 Å². The Morgan fingerprint density at radius 1 is 1.08 bits per heavy atom. The van der Waals surface area contributed by atoms with E-state index in [-0.39, 0.29) is 29.6 Å². The maximum atomic E-state index is 14.2. The van der Waals surface area contributed by atoms with Gasteiger partial charge in [0.2, 0.25) is 5.91 Å². The summed E-state index contributed by atoms with van der Waals surface area (Å²) in [7, 11) is 0. The maximum Gasteiger partial charge on any atom is 0.226 e. The van der Waals surface area contributed by atoms with Crippen LogP contribution in [0.25, 0.3) is 16.6 Å². The van der Waals surface area contributed by atoms with E-state index < -0.39 is 18.0 Å². The van der Waals surface area contributed by atoms with Crippen molar-refractivity contribution in [2.24, 2.45) is 5.41 Å². The first-order chi connectivity index (χ1) is 16.7. The highest BCUT2D eigenvalue weighted by Crippen LogP contribution is 2.45. The average molecular weight is 512 g/mol. The summed E-state index contributed by atoms with van der Waals surface area (Å²) in [6.07, 6.45) is 2.70. The lowest BCUT2D eigenvalue weighted by Crippen LogP contribution is -2.42. The van der Waals surface area contributed by atoms with Crippen molar-refractivity contribution >= 4 is 28.4 Å². The molecule has 0 bridgehead atoms. The molecule has 1 amide bonds. The van der Waals surface area contributed by atoms with Crippen LogP contribution in [0.3, 0.4) is 0 Å². The second kappa shape index (κ2) is 9.90. The maximum absolute atomic E-state index is 14.2. The number of nitrogens with zero attached hydrogens (tertiary/aromatic N) is 2. The topological polar surface area (TPSA) is 56.1 Å². The molecule has 0 unspecified atom stereocenters. The van der Waals surface area contributed by atoms with E-state index in [9.17, 15) is 13.6 Å². The summed E-state index contributed by atoms with van der Waals surface area (Å²) in [6, 6.07) is 15.3. The largest absolute Gasteiger partial charge is 0.484 e. The number of aromatic nitrogens is 2. The summed E-state index contributed by atoms with van der Waals surface area (Å²) in [5.41, 5.74) is 1.71. The molecule has 1 fully saturated rings. The number of rotatable bonds is 7. The third-order valence-electron chi connectivity index (χ3n) is 6.45. The second-order valence-electron chi connectivity index (χ2n) is 9.32. The van der Waals surface area contributed by atoms with Gasteiger partial charge in [0, 0.05) is 15.8 Å². The van der Waals surface area contributed by atoms with Crippen LogP contribution in [0.5, 0.6) is 5.75 Å². The average Bonchev–Trinajstić information content (AvgIpc) is 3.44. The van der Waals surface area contributed by atoms with Crippen molar-refractivity contribution in [2.45, 2.75) is 46.3 Å². The molecule has 1 aromatic heterocycles. The van der Waals surface area contributed by atoms with Crippen LogP contribution in [0.1, 0.15) is 45.8 Å². The highest BCUT2D eigenvalue weighted by Gasteiger charge is 2.45. The van der Waals surface area contributed by atoms with E-state index >= 15 is 0 Å². The molecule has 0 aliphatic heterocycles. The van der Waals surface area contributed by atoms with Gasteiger partial charge in [-0.25, -0.2) is 13.5 Å². The van der Waals surface area contributed by atoms with E-state index in [1.807, 2.05) is 26.0 Å². The van der Waals surface area contributed by atoms with Gasteiger partial charge in [0.15, 0.2) is 0 Å². The molecule has 0 spiro atoms.